The quantitative estimate of drug-likeness (QED) is 0.405. The van der Waals surface area contributed by atoms with Crippen molar-refractivity contribution in [1.29, 1.82) is 0 Å². The second-order valence-electron chi connectivity index (χ2n) is 6.02. The van der Waals surface area contributed by atoms with Gasteiger partial charge in [-0.1, -0.05) is 19.1 Å². The molecule has 1 aliphatic carbocycles. The molecule has 0 radical (unpaired) electrons. The number of nitrogens with one attached hydrogen (secondary N) is 1. The molecular weight excluding hydrogens is 389 g/mol. The summed E-state index contributed by atoms with van der Waals surface area (Å²) in [4.78, 5) is 4.42. The van der Waals surface area contributed by atoms with E-state index in [0.717, 1.165) is 30.3 Å². The highest BCUT2D eigenvalue weighted by atomic mass is 127. The number of hydrogen-bond donors (Lipinski definition) is 2. The minimum absolute atomic E-state index is 0. The molecule has 0 heterocycles. The Morgan fingerprint density at radius 3 is 2.82 bits per heavy atom. The lowest BCUT2D eigenvalue weighted by atomic mass is 10.1. The molecule has 1 aromatic carbocycles. The van der Waals surface area contributed by atoms with Crippen LogP contribution < -0.4 is 15.8 Å². The SMILES string of the molecule is CCC(C)NC(N)=NCc1ccc(C)cc1OCC1CC1.I. The molecule has 0 amide bonds. The van der Waals surface area contributed by atoms with Gasteiger partial charge in [0.1, 0.15) is 5.75 Å². The van der Waals surface area contributed by atoms with Crippen LogP contribution in [0.3, 0.4) is 0 Å². The topological polar surface area (TPSA) is 59.6 Å². The van der Waals surface area contributed by atoms with Crippen molar-refractivity contribution in [3.63, 3.8) is 0 Å². The van der Waals surface area contributed by atoms with Crippen LogP contribution >= 0.6 is 24.0 Å². The van der Waals surface area contributed by atoms with Gasteiger partial charge in [0.2, 0.25) is 0 Å². The van der Waals surface area contributed by atoms with E-state index < -0.39 is 0 Å². The first kappa shape index (κ1) is 19.1. The molecule has 1 fully saturated rings. The fourth-order valence-electron chi connectivity index (χ4n) is 1.99. The Labute approximate surface area is 150 Å². The van der Waals surface area contributed by atoms with E-state index in [4.69, 9.17) is 10.5 Å². The molecule has 1 aromatic rings. The molecule has 0 aliphatic heterocycles. The number of hydrogen-bond acceptors (Lipinski definition) is 2. The number of ether oxygens (including phenoxy) is 1. The Bertz CT molecular complexity index is 501. The lowest BCUT2D eigenvalue weighted by Gasteiger charge is -2.13. The summed E-state index contributed by atoms with van der Waals surface area (Å²) in [5, 5.41) is 3.18. The van der Waals surface area contributed by atoms with E-state index in [0.29, 0.717) is 18.5 Å². The molecule has 5 heteroatoms. The van der Waals surface area contributed by atoms with E-state index in [1.807, 2.05) is 0 Å². The van der Waals surface area contributed by atoms with Gasteiger partial charge in [-0.25, -0.2) is 4.99 Å². The van der Waals surface area contributed by atoms with Gasteiger partial charge < -0.3 is 15.8 Å². The molecule has 4 nitrogen and oxygen atoms in total. The molecule has 0 aromatic heterocycles. The predicted octanol–water partition coefficient (Wildman–Crippen LogP) is 3.60. The third-order valence-corrected chi connectivity index (χ3v) is 3.82. The maximum absolute atomic E-state index is 5.95. The molecule has 3 N–H and O–H groups in total. The number of nitrogens with two attached hydrogens (primary N) is 1. The first-order chi connectivity index (χ1) is 10.1. The highest BCUT2D eigenvalue weighted by Crippen LogP contribution is 2.30. The van der Waals surface area contributed by atoms with Crippen molar-refractivity contribution in [1.82, 2.24) is 5.32 Å². The second-order valence-corrected chi connectivity index (χ2v) is 6.02. The van der Waals surface area contributed by atoms with Crippen LogP contribution in [0.1, 0.15) is 44.2 Å². The number of aliphatic imine (C=N–C) groups is 1. The van der Waals surface area contributed by atoms with Crippen molar-refractivity contribution in [2.75, 3.05) is 6.61 Å². The standard InChI is InChI=1S/C17H27N3O.HI/c1-4-13(3)20-17(18)19-10-15-8-5-12(2)9-16(15)21-11-14-6-7-14;/h5,8-9,13-14H,4,6-7,10-11H2,1-3H3,(H3,18,19,20);1H. The molecule has 0 bridgehead atoms. The Balaban J connectivity index is 0.00000242. The van der Waals surface area contributed by atoms with Gasteiger partial charge in [0, 0.05) is 11.6 Å². The first-order valence-corrected chi connectivity index (χ1v) is 7.87. The van der Waals surface area contributed by atoms with Gasteiger partial charge in [-0.15, -0.1) is 24.0 Å². The molecule has 0 saturated heterocycles. The zero-order valence-electron chi connectivity index (χ0n) is 13.8. The van der Waals surface area contributed by atoms with E-state index in [1.54, 1.807) is 0 Å². The number of benzene rings is 1. The van der Waals surface area contributed by atoms with Crippen molar-refractivity contribution in [2.24, 2.45) is 16.6 Å². The summed E-state index contributed by atoms with van der Waals surface area (Å²) in [5.41, 5.74) is 8.21. The normalized spacial score (nSPS) is 15.9. The molecule has 1 aliphatic rings. The van der Waals surface area contributed by atoms with Crippen molar-refractivity contribution < 1.29 is 4.74 Å². The van der Waals surface area contributed by atoms with Crippen LogP contribution in [0.15, 0.2) is 23.2 Å². The third-order valence-electron chi connectivity index (χ3n) is 3.82. The number of nitrogens with zero attached hydrogens (tertiary/aromatic N) is 1. The molecule has 22 heavy (non-hydrogen) atoms. The van der Waals surface area contributed by atoms with Crippen molar-refractivity contribution in [3.05, 3.63) is 29.3 Å². The summed E-state index contributed by atoms with van der Waals surface area (Å²) in [5.74, 6) is 2.19. The van der Waals surface area contributed by atoms with Gasteiger partial charge in [-0.2, -0.15) is 0 Å². The van der Waals surface area contributed by atoms with Gasteiger partial charge in [-0.3, -0.25) is 0 Å². The van der Waals surface area contributed by atoms with Gasteiger partial charge in [0.25, 0.3) is 0 Å². The van der Waals surface area contributed by atoms with Crippen LogP contribution in [-0.4, -0.2) is 18.6 Å². The smallest absolute Gasteiger partial charge is 0.189 e. The maximum Gasteiger partial charge on any atom is 0.189 e. The van der Waals surface area contributed by atoms with Crippen LogP contribution in [-0.2, 0) is 6.54 Å². The monoisotopic (exact) mass is 417 g/mol. The summed E-state index contributed by atoms with van der Waals surface area (Å²) < 4.78 is 5.95. The summed E-state index contributed by atoms with van der Waals surface area (Å²) in [7, 11) is 0. The Morgan fingerprint density at radius 2 is 2.18 bits per heavy atom. The van der Waals surface area contributed by atoms with E-state index in [9.17, 15) is 0 Å². The van der Waals surface area contributed by atoms with Crippen LogP contribution in [0.25, 0.3) is 0 Å². The summed E-state index contributed by atoms with van der Waals surface area (Å²) in [6.07, 6.45) is 3.62. The third kappa shape index (κ3) is 6.42. The van der Waals surface area contributed by atoms with Crippen LogP contribution in [0.5, 0.6) is 5.75 Å². The summed E-state index contributed by atoms with van der Waals surface area (Å²) in [6.45, 7) is 7.67. The van der Waals surface area contributed by atoms with Crippen LogP contribution in [0, 0.1) is 12.8 Å². The number of aryl methyl sites for hydroxylation is 1. The molecule has 0 spiro atoms. The fraction of sp³-hybridized carbons (Fsp3) is 0.588. The van der Waals surface area contributed by atoms with Gasteiger partial charge in [0.15, 0.2) is 5.96 Å². The lowest BCUT2D eigenvalue weighted by molar-refractivity contribution is 0.296. The Kier molecular flexibility index (Phi) is 8.00. The van der Waals surface area contributed by atoms with E-state index in [1.165, 1.54) is 18.4 Å². The maximum atomic E-state index is 5.95. The lowest BCUT2D eigenvalue weighted by Crippen LogP contribution is -2.38. The average molecular weight is 417 g/mol. The fourth-order valence-corrected chi connectivity index (χ4v) is 1.99. The second kappa shape index (κ2) is 9.22. The molecule has 124 valence electrons. The van der Waals surface area contributed by atoms with Crippen molar-refractivity contribution in [2.45, 2.75) is 52.6 Å². The Morgan fingerprint density at radius 1 is 1.45 bits per heavy atom. The van der Waals surface area contributed by atoms with Crippen molar-refractivity contribution >= 4 is 29.9 Å². The minimum atomic E-state index is 0. The van der Waals surface area contributed by atoms with Gasteiger partial charge in [-0.05, 0) is 50.7 Å². The minimum Gasteiger partial charge on any atom is -0.493 e. The Hall–Kier alpha value is -0.980. The highest BCUT2D eigenvalue weighted by molar-refractivity contribution is 14.0. The number of rotatable bonds is 7. The van der Waals surface area contributed by atoms with Gasteiger partial charge >= 0.3 is 0 Å². The van der Waals surface area contributed by atoms with Gasteiger partial charge in [0.05, 0.1) is 13.2 Å². The predicted molar refractivity (Wildman–Crippen MR) is 103 cm³/mol. The van der Waals surface area contributed by atoms with Crippen LogP contribution in [0.2, 0.25) is 0 Å². The highest BCUT2D eigenvalue weighted by Gasteiger charge is 2.22. The molecule has 1 saturated carbocycles. The first-order valence-electron chi connectivity index (χ1n) is 7.87. The van der Waals surface area contributed by atoms with E-state index in [-0.39, 0.29) is 24.0 Å². The number of halogens is 1. The molecule has 1 unspecified atom stereocenters. The number of guanidine groups is 1. The van der Waals surface area contributed by atoms with Crippen LogP contribution in [0.4, 0.5) is 0 Å². The van der Waals surface area contributed by atoms with E-state index in [2.05, 4.69) is 49.3 Å². The molecule has 2 rings (SSSR count). The summed E-state index contributed by atoms with van der Waals surface area (Å²) in [6, 6.07) is 6.60. The average Bonchev–Trinajstić information content (AvgIpc) is 3.28. The largest absolute Gasteiger partial charge is 0.493 e. The zero-order chi connectivity index (χ0) is 15.2. The van der Waals surface area contributed by atoms with E-state index >= 15 is 0 Å². The molecular formula is C17H28IN3O. The molecule has 1 atom stereocenters. The van der Waals surface area contributed by atoms with Crippen molar-refractivity contribution in [3.8, 4) is 5.75 Å². The summed E-state index contributed by atoms with van der Waals surface area (Å²) >= 11 is 0. The zero-order valence-corrected chi connectivity index (χ0v) is 16.1.